The van der Waals surface area contributed by atoms with Crippen LogP contribution in [-0.4, -0.2) is 48.4 Å². The molecular formula is C16H19ClN2O3S. The summed E-state index contributed by atoms with van der Waals surface area (Å²) in [5, 5.41) is 0.764. The van der Waals surface area contributed by atoms with Crippen molar-refractivity contribution in [2.45, 2.75) is 18.1 Å². The van der Waals surface area contributed by atoms with Crippen LogP contribution in [0.2, 0.25) is 5.02 Å². The summed E-state index contributed by atoms with van der Waals surface area (Å²) in [6, 6.07) is 7.56. The van der Waals surface area contributed by atoms with E-state index in [1.807, 2.05) is 24.3 Å². The van der Waals surface area contributed by atoms with Crippen LogP contribution in [0.25, 0.3) is 10.9 Å². The number of aryl methyl sites for hydroxylation is 1. The van der Waals surface area contributed by atoms with Gasteiger partial charge in [0.2, 0.25) is 0 Å². The average Bonchev–Trinajstić information content (AvgIpc) is 2.78. The van der Waals surface area contributed by atoms with Gasteiger partial charge < -0.3 is 9.47 Å². The van der Waals surface area contributed by atoms with Crippen molar-refractivity contribution in [2.75, 3.05) is 19.3 Å². The van der Waals surface area contributed by atoms with Gasteiger partial charge in [-0.15, -0.1) is 0 Å². The van der Waals surface area contributed by atoms with Crippen molar-refractivity contribution >= 4 is 38.2 Å². The molecule has 1 saturated heterocycles. The molecule has 2 aromatic rings. The molecule has 0 radical (unpaired) electrons. The monoisotopic (exact) mass is 354 g/mol. The van der Waals surface area contributed by atoms with Gasteiger partial charge in [-0.25, -0.2) is 8.42 Å². The fourth-order valence-electron chi connectivity index (χ4n) is 3.21. The van der Waals surface area contributed by atoms with E-state index in [9.17, 15) is 13.2 Å². The summed E-state index contributed by atoms with van der Waals surface area (Å²) in [7, 11) is -1.35. The minimum Gasteiger partial charge on any atom is -0.338 e. The number of fused-ring (bicyclic) bond motifs is 1. The third kappa shape index (κ3) is 2.85. The van der Waals surface area contributed by atoms with Crippen LogP contribution in [0.4, 0.5) is 0 Å². The number of carbonyl (C=O) groups excluding carboxylic acids is 1. The van der Waals surface area contributed by atoms with Crippen LogP contribution in [0, 0.1) is 0 Å². The number of likely N-dealkylation sites (tertiary alicyclic amines) is 1. The lowest BCUT2D eigenvalue weighted by Crippen LogP contribution is -2.45. The number of hydrogen-bond acceptors (Lipinski definition) is 3. The highest BCUT2D eigenvalue weighted by Gasteiger charge is 2.32. The molecule has 1 aromatic heterocycles. The van der Waals surface area contributed by atoms with Crippen molar-refractivity contribution in [3.63, 3.8) is 0 Å². The number of piperidine rings is 1. The summed E-state index contributed by atoms with van der Waals surface area (Å²) in [4.78, 5) is 14.5. The van der Waals surface area contributed by atoms with Crippen LogP contribution in [0.3, 0.4) is 0 Å². The Morgan fingerprint density at radius 1 is 1.30 bits per heavy atom. The van der Waals surface area contributed by atoms with Gasteiger partial charge in [-0.1, -0.05) is 29.8 Å². The van der Waals surface area contributed by atoms with Gasteiger partial charge in [0.15, 0.2) is 9.84 Å². The predicted octanol–water partition coefficient (Wildman–Crippen LogP) is 2.48. The van der Waals surface area contributed by atoms with Crippen LogP contribution < -0.4 is 0 Å². The number of carbonyl (C=O) groups is 1. The lowest BCUT2D eigenvalue weighted by Gasteiger charge is -2.32. The number of rotatable bonds is 2. The SMILES string of the molecule is Cn1c(C(=O)N2CCCC(S(C)(=O)=O)C2)c(Cl)c2ccccc21. The lowest BCUT2D eigenvalue weighted by atomic mass is 10.1. The normalized spacial score (nSPS) is 19.3. The van der Waals surface area contributed by atoms with Gasteiger partial charge in [-0.3, -0.25) is 4.79 Å². The first-order valence-corrected chi connectivity index (χ1v) is 9.85. The number of halogens is 1. The van der Waals surface area contributed by atoms with Crippen LogP contribution in [0.5, 0.6) is 0 Å². The number of benzene rings is 1. The van der Waals surface area contributed by atoms with Crippen LogP contribution in [-0.2, 0) is 16.9 Å². The molecular weight excluding hydrogens is 336 g/mol. The Balaban J connectivity index is 1.98. The lowest BCUT2D eigenvalue weighted by molar-refractivity contribution is 0.0718. The molecule has 0 bridgehead atoms. The highest BCUT2D eigenvalue weighted by atomic mass is 35.5. The van der Waals surface area contributed by atoms with Gasteiger partial charge in [0.1, 0.15) is 5.69 Å². The maximum atomic E-state index is 12.9. The molecule has 0 spiro atoms. The molecule has 1 unspecified atom stereocenters. The molecule has 2 heterocycles. The summed E-state index contributed by atoms with van der Waals surface area (Å²) >= 11 is 6.42. The zero-order valence-electron chi connectivity index (χ0n) is 13.1. The molecule has 0 saturated carbocycles. The Bertz CT molecular complexity index is 834. The molecule has 0 N–H and O–H groups in total. The first-order valence-electron chi connectivity index (χ1n) is 7.51. The fourth-order valence-corrected chi connectivity index (χ4v) is 4.62. The number of nitrogens with zero attached hydrogens (tertiary/aromatic N) is 2. The molecule has 3 rings (SSSR count). The Labute approximate surface area is 140 Å². The second-order valence-corrected chi connectivity index (χ2v) is 8.79. The molecule has 1 atom stereocenters. The quantitative estimate of drug-likeness (QED) is 0.832. The van der Waals surface area contributed by atoms with Crippen molar-refractivity contribution in [1.82, 2.24) is 9.47 Å². The van der Waals surface area contributed by atoms with E-state index in [1.165, 1.54) is 6.26 Å². The van der Waals surface area contributed by atoms with Gasteiger partial charge in [0.25, 0.3) is 5.91 Å². The number of aromatic nitrogens is 1. The van der Waals surface area contributed by atoms with E-state index >= 15 is 0 Å². The third-order valence-electron chi connectivity index (χ3n) is 4.52. The molecule has 1 aromatic carbocycles. The maximum absolute atomic E-state index is 12.9. The summed E-state index contributed by atoms with van der Waals surface area (Å²) in [5.41, 5.74) is 1.31. The van der Waals surface area contributed by atoms with Gasteiger partial charge >= 0.3 is 0 Å². The van der Waals surface area contributed by atoms with Gasteiger partial charge in [-0.05, 0) is 18.9 Å². The second-order valence-electron chi connectivity index (χ2n) is 6.08. The van der Waals surface area contributed by atoms with Crippen molar-refractivity contribution in [1.29, 1.82) is 0 Å². The Hall–Kier alpha value is -1.53. The van der Waals surface area contributed by atoms with E-state index in [0.717, 1.165) is 10.9 Å². The predicted molar refractivity (Wildman–Crippen MR) is 91.7 cm³/mol. The molecule has 1 amide bonds. The minimum atomic E-state index is -3.15. The molecule has 1 aliphatic heterocycles. The largest absolute Gasteiger partial charge is 0.338 e. The molecule has 0 aliphatic carbocycles. The van der Waals surface area contributed by atoms with Crippen molar-refractivity contribution < 1.29 is 13.2 Å². The summed E-state index contributed by atoms with van der Waals surface area (Å²) in [6.45, 7) is 0.790. The zero-order chi connectivity index (χ0) is 16.8. The first kappa shape index (κ1) is 16.3. The zero-order valence-corrected chi connectivity index (χ0v) is 14.7. The number of sulfone groups is 1. The standard InChI is InChI=1S/C16H19ClN2O3S/c1-18-13-8-4-3-7-12(13)14(17)15(18)16(20)19-9-5-6-11(10-19)23(2,21)22/h3-4,7-8,11H,5-6,9-10H2,1-2H3. The Morgan fingerprint density at radius 2 is 2.00 bits per heavy atom. The molecule has 5 nitrogen and oxygen atoms in total. The smallest absolute Gasteiger partial charge is 0.272 e. The number of hydrogen-bond donors (Lipinski definition) is 0. The Kier molecular flexibility index (Phi) is 4.14. The highest BCUT2D eigenvalue weighted by molar-refractivity contribution is 7.91. The van der Waals surface area contributed by atoms with Gasteiger partial charge in [0.05, 0.1) is 10.3 Å². The summed E-state index contributed by atoms with van der Waals surface area (Å²) in [5.74, 6) is -0.206. The number of para-hydroxylation sites is 1. The van der Waals surface area contributed by atoms with E-state index in [2.05, 4.69) is 0 Å². The van der Waals surface area contributed by atoms with E-state index in [0.29, 0.717) is 30.1 Å². The molecule has 124 valence electrons. The van der Waals surface area contributed by atoms with Crippen molar-refractivity contribution in [3.8, 4) is 0 Å². The van der Waals surface area contributed by atoms with E-state index in [4.69, 9.17) is 11.6 Å². The molecule has 7 heteroatoms. The summed E-state index contributed by atoms with van der Waals surface area (Å²) in [6.07, 6.45) is 2.52. The van der Waals surface area contributed by atoms with Crippen molar-refractivity contribution in [3.05, 3.63) is 35.0 Å². The highest BCUT2D eigenvalue weighted by Crippen LogP contribution is 2.31. The average molecular weight is 355 g/mol. The molecule has 1 fully saturated rings. The van der Waals surface area contributed by atoms with Crippen molar-refractivity contribution in [2.24, 2.45) is 7.05 Å². The molecule has 1 aliphatic rings. The Morgan fingerprint density at radius 3 is 2.65 bits per heavy atom. The first-order chi connectivity index (χ1) is 10.8. The van der Waals surface area contributed by atoms with E-state index in [1.54, 1.807) is 16.5 Å². The van der Waals surface area contributed by atoms with Gasteiger partial charge in [0, 0.05) is 37.3 Å². The minimum absolute atomic E-state index is 0.206. The maximum Gasteiger partial charge on any atom is 0.272 e. The molecule has 23 heavy (non-hydrogen) atoms. The fraction of sp³-hybridized carbons (Fsp3) is 0.438. The summed E-state index contributed by atoms with van der Waals surface area (Å²) < 4.78 is 25.4. The van der Waals surface area contributed by atoms with Crippen LogP contribution >= 0.6 is 11.6 Å². The third-order valence-corrected chi connectivity index (χ3v) is 6.50. The van der Waals surface area contributed by atoms with Gasteiger partial charge in [-0.2, -0.15) is 0 Å². The number of amides is 1. The van der Waals surface area contributed by atoms with Crippen LogP contribution in [0.15, 0.2) is 24.3 Å². The van der Waals surface area contributed by atoms with Crippen LogP contribution in [0.1, 0.15) is 23.3 Å². The topological polar surface area (TPSA) is 59.4 Å². The van der Waals surface area contributed by atoms with E-state index < -0.39 is 15.1 Å². The second kappa shape index (κ2) is 5.83. The van der Waals surface area contributed by atoms with E-state index in [-0.39, 0.29) is 12.5 Å².